The molecule has 0 unspecified atom stereocenters. The zero-order valence-electron chi connectivity index (χ0n) is 10.8. The van der Waals surface area contributed by atoms with Gasteiger partial charge >= 0.3 is 5.97 Å². The van der Waals surface area contributed by atoms with E-state index in [9.17, 15) is 13.2 Å². The van der Waals surface area contributed by atoms with Crippen LogP contribution in [0.15, 0.2) is 33.1 Å². The largest absolute Gasteiger partial charge is 0.478 e. The number of aryl methyl sites for hydroxylation is 1. The Bertz CT molecular complexity index is 773. The summed E-state index contributed by atoms with van der Waals surface area (Å²) in [7, 11) is -3.84. The number of nitrogens with one attached hydrogen (secondary N) is 1. The summed E-state index contributed by atoms with van der Waals surface area (Å²) in [6.07, 6.45) is 1.58. The van der Waals surface area contributed by atoms with Crippen LogP contribution < -0.4 is 4.72 Å². The third kappa shape index (κ3) is 3.67. The fraction of sp³-hybridized carbons (Fsp3) is 0.167. The van der Waals surface area contributed by atoms with Crippen LogP contribution in [0.3, 0.4) is 0 Å². The van der Waals surface area contributed by atoms with Gasteiger partial charge in [0.15, 0.2) is 0 Å². The summed E-state index contributed by atoms with van der Waals surface area (Å²) in [5, 5.41) is 11.4. The standard InChI is InChI=1S/C12H11BrN2O4S2/c1-7-4-8(12(16)17)5-9(11(7)13)21(18,19)15-6-10-14-2-3-20-10/h2-5,15H,6H2,1H3,(H,16,17). The number of aromatic carboxylic acids is 1. The minimum atomic E-state index is -3.84. The van der Waals surface area contributed by atoms with Crippen molar-refractivity contribution >= 4 is 43.3 Å². The minimum Gasteiger partial charge on any atom is -0.478 e. The third-order valence-electron chi connectivity index (χ3n) is 2.65. The summed E-state index contributed by atoms with van der Waals surface area (Å²) in [4.78, 5) is 14.9. The van der Waals surface area contributed by atoms with E-state index in [0.29, 0.717) is 15.0 Å². The highest BCUT2D eigenvalue weighted by atomic mass is 79.9. The van der Waals surface area contributed by atoms with Crippen molar-refractivity contribution in [3.05, 3.63) is 44.3 Å². The Morgan fingerprint density at radius 1 is 1.48 bits per heavy atom. The average Bonchev–Trinajstić information content (AvgIpc) is 2.92. The van der Waals surface area contributed by atoms with E-state index in [0.717, 1.165) is 6.07 Å². The third-order valence-corrected chi connectivity index (χ3v) is 6.17. The zero-order chi connectivity index (χ0) is 15.6. The number of carboxylic acids is 1. The normalized spacial score (nSPS) is 11.5. The summed E-state index contributed by atoms with van der Waals surface area (Å²) in [5.41, 5.74) is 0.454. The van der Waals surface area contributed by atoms with Gasteiger partial charge in [-0.2, -0.15) is 0 Å². The molecule has 0 saturated carbocycles. The van der Waals surface area contributed by atoms with Crippen LogP contribution >= 0.6 is 27.3 Å². The van der Waals surface area contributed by atoms with Crippen molar-refractivity contribution in [2.24, 2.45) is 0 Å². The molecule has 0 amide bonds. The molecule has 112 valence electrons. The molecule has 0 aliphatic carbocycles. The quantitative estimate of drug-likeness (QED) is 0.816. The number of hydrogen-bond donors (Lipinski definition) is 2. The van der Waals surface area contributed by atoms with Crippen LogP contribution in [-0.2, 0) is 16.6 Å². The second kappa shape index (κ2) is 6.22. The van der Waals surface area contributed by atoms with Crippen molar-refractivity contribution < 1.29 is 18.3 Å². The maximum absolute atomic E-state index is 12.3. The van der Waals surface area contributed by atoms with Crippen molar-refractivity contribution in [2.75, 3.05) is 0 Å². The molecule has 0 bridgehead atoms. The molecule has 0 saturated heterocycles. The lowest BCUT2D eigenvalue weighted by molar-refractivity contribution is 0.0696. The summed E-state index contributed by atoms with van der Waals surface area (Å²) < 4.78 is 27.4. The highest BCUT2D eigenvalue weighted by molar-refractivity contribution is 9.10. The number of halogens is 1. The number of hydrogen-bond acceptors (Lipinski definition) is 5. The first-order valence-corrected chi connectivity index (χ1v) is 8.88. The molecule has 9 heteroatoms. The van der Waals surface area contributed by atoms with Gasteiger partial charge < -0.3 is 5.11 Å². The lowest BCUT2D eigenvalue weighted by Gasteiger charge is -2.10. The Kier molecular flexibility index (Phi) is 4.77. The van der Waals surface area contributed by atoms with Crippen molar-refractivity contribution in [3.63, 3.8) is 0 Å². The van der Waals surface area contributed by atoms with Crippen LogP contribution in [0, 0.1) is 6.92 Å². The van der Waals surface area contributed by atoms with Gasteiger partial charge in [-0.3, -0.25) is 0 Å². The van der Waals surface area contributed by atoms with E-state index < -0.39 is 16.0 Å². The van der Waals surface area contributed by atoms with Gasteiger partial charge in [0.1, 0.15) is 5.01 Å². The topological polar surface area (TPSA) is 96.4 Å². The van der Waals surface area contributed by atoms with Crippen molar-refractivity contribution in [1.82, 2.24) is 9.71 Å². The second-order valence-electron chi connectivity index (χ2n) is 4.16. The lowest BCUT2D eigenvalue weighted by Crippen LogP contribution is -2.24. The first-order chi connectivity index (χ1) is 9.81. The Morgan fingerprint density at radius 3 is 2.76 bits per heavy atom. The molecule has 1 heterocycles. The van der Waals surface area contributed by atoms with E-state index in [-0.39, 0.29) is 17.0 Å². The Morgan fingerprint density at radius 2 is 2.19 bits per heavy atom. The maximum atomic E-state index is 12.3. The van der Waals surface area contributed by atoms with Gasteiger partial charge in [0.25, 0.3) is 0 Å². The summed E-state index contributed by atoms with van der Waals surface area (Å²) in [5.74, 6) is -1.18. The van der Waals surface area contributed by atoms with E-state index in [2.05, 4.69) is 25.6 Å². The molecule has 0 radical (unpaired) electrons. The zero-order valence-corrected chi connectivity index (χ0v) is 14.0. The number of carbonyl (C=O) groups is 1. The molecule has 0 fully saturated rings. The Balaban J connectivity index is 2.37. The van der Waals surface area contributed by atoms with E-state index in [1.807, 2.05) is 0 Å². The van der Waals surface area contributed by atoms with Crippen LogP contribution in [-0.4, -0.2) is 24.5 Å². The highest BCUT2D eigenvalue weighted by Gasteiger charge is 2.21. The first kappa shape index (κ1) is 16.1. The minimum absolute atomic E-state index is 0.0583. The molecule has 2 rings (SSSR count). The summed E-state index contributed by atoms with van der Waals surface area (Å²) in [6, 6.07) is 2.54. The number of carboxylic acid groups (broad SMARTS) is 1. The van der Waals surface area contributed by atoms with Gasteiger partial charge in [-0.05, 0) is 40.5 Å². The number of thiazole rings is 1. The molecule has 2 aromatic rings. The van der Waals surface area contributed by atoms with Gasteiger partial charge in [0, 0.05) is 16.0 Å². The smallest absolute Gasteiger partial charge is 0.335 e. The van der Waals surface area contributed by atoms with Gasteiger partial charge in [-0.25, -0.2) is 22.9 Å². The van der Waals surface area contributed by atoms with Gasteiger partial charge in [-0.1, -0.05) is 0 Å². The Hall–Kier alpha value is -1.29. The van der Waals surface area contributed by atoms with Crippen LogP contribution in [0.5, 0.6) is 0 Å². The molecular formula is C12H11BrN2O4S2. The molecule has 0 aliphatic rings. The van der Waals surface area contributed by atoms with E-state index in [4.69, 9.17) is 5.11 Å². The first-order valence-electron chi connectivity index (χ1n) is 5.73. The fourth-order valence-electron chi connectivity index (χ4n) is 1.63. The molecule has 1 aromatic carbocycles. The molecule has 21 heavy (non-hydrogen) atoms. The second-order valence-corrected chi connectivity index (χ2v) is 7.67. The predicted octanol–water partition coefficient (Wildman–Crippen LogP) is 2.39. The Labute approximate surface area is 134 Å². The summed E-state index contributed by atoms with van der Waals surface area (Å²) >= 11 is 4.52. The van der Waals surface area contributed by atoms with Gasteiger partial charge in [0.2, 0.25) is 10.0 Å². The number of benzene rings is 1. The SMILES string of the molecule is Cc1cc(C(=O)O)cc(S(=O)(=O)NCc2nccs2)c1Br. The molecule has 6 nitrogen and oxygen atoms in total. The summed E-state index contributed by atoms with van der Waals surface area (Å²) in [6.45, 7) is 1.69. The lowest BCUT2D eigenvalue weighted by atomic mass is 10.1. The average molecular weight is 391 g/mol. The van der Waals surface area contributed by atoms with Gasteiger partial charge in [0.05, 0.1) is 17.0 Å². The molecular weight excluding hydrogens is 380 g/mol. The van der Waals surface area contributed by atoms with Crippen LogP contribution in [0.2, 0.25) is 0 Å². The molecule has 0 spiro atoms. The van der Waals surface area contributed by atoms with E-state index in [1.165, 1.54) is 17.4 Å². The van der Waals surface area contributed by atoms with Crippen LogP contribution in [0.25, 0.3) is 0 Å². The molecule has 1 aromatic heterocycles. The van der Waals surface area contributed by atoms with Crippen molar-refractivity contribution in [2.45, 2.75) is 18.4 Å². The number of aromatic nitrogens is 1. The maximum Gasteiger partial charge on any atom is 0.335 e. The molecule has 0 aliphatic heterocycles. The number of nitrogens with zero attached hydrogens (tertiary/aromatic N) is 1. The molecule has 0 atom stereocenters. The van der Waals surface area contributed by atoms with Crippen LogP contribution in [0.4, 0.5) is 0 Å². The predicted molar refractivity (Wildman–Crippen MR) is 82.0 cm³/mol. The monoisotopic (exact) mass is 390 g/mol. The van der Waals surface area contributed by atoms with Gasteiger partial charge in [-0.15, -0.1) is 11.3 Å². The van der Waals surface area contributed by atoms with Crippen LogP contribution in [0.1, 0.15) is 20.9 Å². The van der Waals surface area contributed by atoms with E-state index in [1.54, 1.807) is 18.5 Å². The molecule has 2 N–H and O–H groups in total. The highest BCUT2D eigenvalue weighted by Crippen LogP contribution is 2.27. The van der Waals surface area contributed by atoms with Crippen molar-refractivity contribution in [1.29, 1.82) is 0 Å². The van der Waals surface area contributed by atoms with Crippen molar-refractivity contribution in [3.8, 4) is 0 Å². The van der Waals surface area contributed by atoms with E-state index >= 15 is 0 Å². The number of sulfonamides is 1. The fourth-order valence-corrected chi connectivity index (χ4v) is 4.31. The number of rotatable bonds is 5.